The minimum atomic E-state index is -0.0518. The van der Waals surface area contributed by atoms with Crippen molar-refractivity contribution in [2.75, 3.05) is 5.32 Å². The first-order valence-electron chi connectivity index (χ1n) is 6.67. The monoisotopic (exact) mass is 325 g/mol. The van der Waals surface area contributed by atoms with E-state index in [9.17, 15) is 0 Å². The van der Waals surface area contributed by atoms with Crippen molar-refractivity contribution in [2.45, 2.75) is 32.9 Å². The van der Waals surface area contributed by atoms with E-state index in [1.54, 1.807) is 24.4 Å². The molecular weight excluding hydrogens is 309 g/mol. The van der Waals surface area contributed by atoms with Crippen LogP contribution in [0.4, 0.5) is 5.95 Å². The molecule has 2 rings (SSSR count). The van der Waals surface area contributed by atoms with Crippen molar-refractivity contribution in [1.82, 2.24) is 9.97 Å². The van der Waals surface area contributed by atoms with Gasteiger partial charge in [0.1, 0.15) is 0 Å². The summed E-state index contributed by atoms with van der Waals surface area (Å²) in [5, 5.41) is 4.42. The van der Waals surface area contributed by atoms with Crippen molar-refractivity contribution in [2.24, 2.45) is 0 Å². The third-order valence-corrected chi connectivity index (χ3v) is 3.32. The first kappa shape index (κ1) is 15.9. The molecule has 0 fully saturated rings. The lowest BCUT2D eigenvalue weighted by Crippen LogP contribution is -2.12. The minimum Gasteiger partial charge on any atom is -0.475 e. The molecular formula is C15H17Cl2N3O. The minimum absolute atomic E-state index is 0.0518. The lowest BCUT2D eigenvalue weighted by Gasteiger charge is -2.16. The third-order valence-electron chi connectivity index (χ3n) is 2.76. The third kappa shape index (κ3) is 4.48. The van der Waals surface area contributed by atoms with Crippen LogP contribution >= 0.6 is 23.2 Å². The predicted molar refractivity (Wildman–Crippen MR) is 86.3 cm³/mol. The van der Waals surface area contributed by atoms with E-state index in [2.05, 4.69) is 15.3 Å². The number of anilines is 1. The predicted octanol–water partition coefficient (Wildman–Crippen LogP) is 4.74. The smallest absolute Gasteiger partial charge is 0.226 e. The summed E-state index contributed by atoms with van der Waals surface area (Å²) in [5.41, 5.74) is 0.930. The molecule has 0 saturated carbocycles. The molecule has 0 spiro atoms. The average molecular weight is 326 g/mol. The first-order chi connectivity index (χ1) is 9.95. The highest BCUT2D eigenvalue weighted by Gasteiger charge is 2.12. The Balaban J connectivity index is 2.13. The van der Waals surface area contributed by atoms with Crippen LogP contribution in [0.5, 0.6) is 5.88 Å². The van der Waals surface area contributed by atoms with Gasteiger partial charge in [0.25, 0.3) is 0 Å². The van der Waals surface area contributed by atoms with Gasteiger partial charge in [-0.3, -0.25) is 0 Å². The molecule has 0 amide bonds. The van der Waals surface area contributed by atoms with Gasteiger partial charge >= 0.3 is 0 Å². The summed E-state index contributed by atoms with van der Waals surface area (Å²) < 4.78 is 5.55. The van der Waals surface area contributed by atoms with Gasteiger partial charge < -0.3 is 10.1 Å². The van der Waals surface area contributed by atoms with Crippen molar-refractivity contribution in [3.8, 4) is 5.88 Å². The van der Waals surface area contributed by atoms with Gasteiger partial charge in [0.15, 0.2) is 0 Å². The zero-order valence-electron chi connectivity index (χ0n) is 12.1. The Bertz CT molecular complexity index is 620. The Morgan fingerprint density at radius 3 is 2.57 bits per heavy atom. The van der Waals surface area contributed by atoms with E-state index < -0.39 is 0 Å². The number of halogens is 2. The van der Waals surface area contributed by atoms with Gasteiger partial charge in [-0.2, -0.15) is 4.98 Å². The van der Waals surface area contributed by atoms with Crippen LogP contribution in [-0.2, 0) is 0 Å². The Hall–Kier alpha value is -1.52. The van der Waals surface area contributed by atoms with Gasteiger partial charge in [-0.1, -0.05) is 29.3 Å². The van der Waals surface area contributed by atoms with E-state index in [0.717, 1.165) is 5.56 Å². The van der Waals surface area contributed by atoms with E-state index in [-0.39, 0.29) is 12.1 Å². The van der Waals surface area contributed by atoms with E-state index in [1.807, 2.05) is 26.8 Å². The number of rotatable bonds is 5. The van der Waals surface area contributed by atoms with Crippen LogP contribution in [0.1, 0.15) is 32.4 Å². The molecule has 0 saturated heterocycles. The number of aromatic nitrogens is 2. The zero-order valence-corrected chi connectivity index (χ0v) is 13.6. The van der Waals surface area contributed by atoms with Gasteiger partial charge in [0.2, 0.25) is 11.8 Å². The molecule has 1 aromatic carbocycles. The molecule has 6 heteroatoms. The van der Waals surface area contributed by atoms with E-state index in [0.29, 0.717) is 21.9 Å². The van der Waals surface area contributed by atoms with Crippen molar-refractivity contribution in [3.63, 3.8) is 0 Å². The Morgan fingerprint density at radius 1 is 1.14 bits per heavy atom. The molecule has 1 heterocycles. The highest BCUT2D eigenvalue weighted by atomic mass is 35.5. The number of ether oxygens (including phenoxy) is 1. The van der Waals surface area contributed by atoms with E-state index >= 15 is 0 Å². The maximum Gasteiger partial charge on any atom is 0.226 e. The lowest BCUT2D eigenvalue weighted by molar-refractivity contribution is 0.232. The molecule has 4 nitrogen and oxygen atoms in total. The quantitative estimate of drug-likeness (QED) is 0.862. The van der Waals surface area contributed by atoms with Crippen molar-refractivity contribution in [1.29, 1.82) is 0 Å². The number of nitrogens with one attached hydrogen (secondary N) is 1. The molecule has 112 valence electrons. The van der Waals surface area contributed by atoms with Gasteiger partial charge in [-0.05, 0) is 38.5 Å². The SMILES string of the molecule is CC(C)Oc1ccnc(NC(C)c2ccc(Cl)cc2Cl)n1. The molecule has 21 heavy (non-hydrogen) atoms. The topological polar surface area (TPSA) is 47.0 Å². The fourth-order valence-corrected chi connectivity index (χ4v) is 2.42. The molecule has 0 radical (unpaired) electrons. The van der Waals surface area contributed by atoms with E-state index in [4.69, 9.17) is 27.9 Å². The molecule has 1 unspecified atom stereocenters. The van der Waals surface area contributed by atoms with Crippen molar-refractivity contribution < 1.29 is 4.74 Å². The fourth-order valence-electron chi connectivity index (χ4n) is 1.84. The van der Waals surface area contributed by atoms with Crippen LogP contribution in [0, 0.1) is 0 Å². The summed E-state index contributed by atoms with van der Waals surface area (Å²) in [4.78, 5) is 8.50. The molecule has 1 aromatic heterocycles. The molecule has 0 aliphatic heterocycles. The zero-order chi connectivity index (χ0) is 15.4. The molecule has 1 atom stereocenters. The van der Waals surface area contributed by atoms with Crippen LogP contribution in [0.3, 0.4) is 0 Å². The maximum atomic E-state index is 6.20. The average Bonchev–Trinajstić information content (AvgIpc) is 2.37. The summed E-state index contributed by atoms with van der Waals surface area (Å²) in [6.07, 6.45) is 1.72. The Morgan fingerprint density at radius 2 is 1.90 bits per heavy atom. The van der Waals surface area contributed by atoms with Crippen LogP contribution in [0.2, 0.25) is 10.0 Å². The highest BCUT2D eigenvalue weighted by Crippen LogP contribution is 2.27. The van der Waals surface area contributed by atoms with Crippen LogP contribution in [0.15, 0.2) is 30.5 Å². The Labute approximate surface area is 134 Å². The van der Waals surface area contributed by atoms with Crippen molar-refractivity contribution >= 4 is 29.2 Å². The first-order valence-corrected chi connectivity index (χ1v) is 7.42. The second-order valence-electron chi connectivity index (χ2n) is 4.92. The summed E-state index contributed by atoms with van der Waals surface area (Å²) in [6.45, 7) is 5.88. The van der Waals surface area contributed by atoms with Gasteiger partial charge in [-0.15, -0.1) is 0 Å². The molecule has 0 bridgehead atoms. The second kappa shape index (κ2) is 6.96. The fraction of sp³-hybridized carbons (Fsp3) is 0.333. The second-order valence-corrected chi connectivity index (χ2v) is 5.76. The highest BCUT2D eigenvalue weighted by molar-refractivity contribution is 6.35. The standard InChI is InChI=1S/C15H17Cl2N3O/c1-9(2)21-14-6-7-18-15(20-14)19-10(3)12-5-4-11(16)8-13(12)17/h4-10H,1-3H3,(H,18,19,20). The Kier molecular flexibility index (Phi) is 5.26. The summed E-state index contributed by atoms with van der Waals surface area (Å²) in [7, 11) is 0. The van der Waals surface area contributed by atoms with Gasteiger partial charge in [-0.25, -0.2) is 4.98 Å². The van der Waals surface area contributed by atoms with E-state index in [1.165, 1.54) is 0 Å². The normalized spacial score (nSPS) is 12.3. The number of hydrogen-bond donors (Lipinski definition) is 1. The number of hydrogen-bond acceptors (Lipinski definition) is 4. The number of nitrogens with zero attached hydrogens (tertiary/aromatic N) is 2. The molecule has 0 aliphatic carbocycles. The van der Waals surface area contributed by atoms with Crippen LogP contribution in [-0.4, -0.2) is 16.1 Å². The largest absolute Gasteiger partial charge is 0.475 e. The molecule has 0 aliphatic rings. The van der Waals surface area contributed by atoms with Crippen LogP contribution < -0.4 is 10.1 Å². The van der Waals surface area contributed by atoms with Crippen molar-refractivity contribution in [3.05, 3.63) is 46.1 Å². The van der Waals surface area contributed by atoms with Crippen LogP contribution in [0.25, 0.3) is 0 Å². The number of benzene rings is 1. The summed E-state index contributed by atoms with van der Waals surface area (Å²) >= 11 is 12.1. The van der Waals surface area contributed by atoms with Gasteiger partial charge in [0.05, 0.1) is 12.1 Å². The summed E-state index contributed by atoms with van der Waals surface area (Å²) in [5.74, 6) is 1.03. The lowest BCUT2D eigenvalue weighted by atomic mass is 10.1. The molecule has 1 N–H and O–H groups in total. The molecule has 2 aromatic rings. The van der Waals surface area contributed by atoms with Gasteiger partial charge in [0, 0.05) is 22.3 Å². The maximum absolute atomic E-state index is 6.20. The summed E-state index contributed by atoms with van der Waals surface area (Å²) in [6, 6.07) is 7.08.